The second kappa shape index (κ2) is 8.27. The number of halogens is 3. The van der Waals surface area contributed by atoms with Gasteiger partial charge in [-0.1, -0.05) is 18.2 Å². The smallest absolute Gasteiger partial charge is 0.406 e. The van der Waals surface area contributed by atoms with E-state index in [-0.39, 0.29) is 5.69 Å². The second-order valence-corrected chi connectivity index (χ2v) is 8.48. The third kappa shape index (κ3) is 4.76. The molecule has 0 bridgehead atoms. The molecule has 0 saturated heterocycles. The number of amides is 2. The molecule has 0 unspecified atom stereocenters. The van der Waals surface area contributed by atoms with E-state index in [1.165, 1.54) is 18.5 Å². The van der Waals surface area contributed by atoms with Crippen molar-refractivity contribution in [2.24, 2.45) is 5.73 Å². The second-order valence-electron chi connectivity index (χ2n) is 8.48. The first-order chi connectivity index (χ1) is 16.6. The zero-order valence-corrected chi connectivity index (χ0v) is 18.6. The van der Waals surface area contributed by atoms with Gasteiger partial charge in [-0.15, -0.1) is 13.2 Å². The number of rotatable bonds is 5. The largest absolute Gasteiger partial charge is 0.573 e. The van der Waals surface area contributed by atoms with Crippen LogP contribution in [0.25, 0.3) is 16.6 Å². The Morgan fingerprint density at radius 2 is 1.83 bits per heavy atom. The van der Waals surface area contributed by atoms with E-state index in [0.29, 0.717) is 5.69 Å². The molecule has 0 spiro atoms. The van der Waals surface area contributed by atoms with Crippen molar-refractivity contribution in [3.05, 3.63) is 72.3 Å². The van der Waals surface area contributed by atoms with Crippen LogP contribution in [0.3, 0.4) is 0 Å². The number of hydrogen-bond acceptors (Lipinski definition) is 5. The van der Waals surface area contributed by atoms with E-state index in [1.807, 2.05) is 25.3 Å². The Labute approximate surface area is 197 Å². The summed E-state index contributed by atoms with van der Waals surface area (Å²) in [6.07, 6.45) is 0.356. The zero-order chi connectivity index (χ0) is 24.8. The molecule has 4 N–H and O–H groups in total. The van der Waals surface area contributed by atoms with Crippen molar-refractivity contribution in [1.29, 1.82) is 0 Å². The predicted octanol–water partition coefficient (Wildman–Crippen LogP) is 5.20. The number of fused-ring (bicyclic) bond motifs is 1. The molecule has 1 aliphatic rings. The maximum Gasteiger partial charge on any atom is 0.573 e. The summed E-state index contributed by atoms with van der Waals surface area (Å²) in [6, 6.07) is 11.6. The first-order valence-corrected chi connectivity index (χ1v) is 10.8. The van der Waals surface area contributed by atoms with Gasteiger partial charge in [0.15, 0.2) is 0 Å². The molecule has 35 heavy (non-hydrogen) atoms. The van der Waals surface area contributed by atoms with Crippen LogP contribution >= 0.6 is 0 Å². The lowest BCUT2D eigenvalue weighted by Gasteiger charge is -2.13. The summed E-state index contributed by atoms with van der Waals surface area (Å²) in [5.74, 6) is -0.427. The van der Waals surface area contributed by atoms with Crippen molar-refractivity contribution in [2.45, 2.75) is 31.7 Å². The first-order valence-electron chi connectivity index (χ1n) is 10.8. The molecule has 0 atom stereocenters. The van der Waals surface area contributed by atoms with Gasteiger partial charge in [-0.2, -0.15) is 5.10 Å². The molecule has 2 heterocycles. The highest BCUT2D eigenvalue weighted by Crippen LogP contribution is 2.45. The maximum absolute atomic E-state index is 12.4. The van der Waals surface area contributed by atoms with E-state index in [4.69, 9.17) is 5.73 Å². The lowest BCUT2D eigenvalue weighted by Crippen LogP contribution is -2.22. The molecule has 8 nitrogen and oxygen atoms in total. The average Bonchev–Trinajstić information content (AvgIpc) is 3.44. The number of nitrogens with one attached hydrogen (secondary N) is 2. The zero-order valence-electron chi connectivity index (χ0n) is 18.6. The van der Waals surface area contributed by atoms with Gasteiger partial charge < -0.3 is 21.1 Å². The summed E-state index contributed by atoms with van der Waals surface area (Å²) in [5, 5.41) is 9.48. The Morgan fingerprint density at radius 3 is 2.51 bits per heavy atom. The number of benzene rings is 2. The van der Waals surface area contributed by atoms with Gasteiger partial charge in [-0.05, 0) is 55.2 Å². The van der Waals surface area contributed by atoms with Gasteiger partial charge >= 0.3 is 12.4 Å². The highest BCUT2D eigenvalue weighted by molar-refractivity contribution is 6.00. The fraction of sp³-hybridized carbons (Fsp3) is 0.208. The molecule has 1 fully saturated rings. The molecule has 180 valence electrons. The van der Waals surface area contributed by atoms with E-state index in [9.17, 15) is 18.0 Å². The first kappa shape index (κ1) is 22.7. The minimum atomic E-state index is -4.82. The summed E-state index contributed by atoms with van der Waals surface area (Å²) in [6.45, 7) is 1.99. The quantitative estimate of drug-likeness (QED) is 0.363. The number of carbonyl (C=O) groups is 1. The van der Waals surface area contributed by atoms with E-state index < -0.39 is 23.7 Å². The molecule has 2 aromatic carbocycles. The minimum absolute atomic E-state index is 0.153. The van der Waals surface area contributed by atoms with Gasteiger partial charge in [-0.25, -0.2) is 14.3 Å². The van der Waals surface area contributed by atoms with Crippen LogP contribution in [-0.2, 0) is 5.54 Å². The molecule has 11 heteroatoms. The van der Waals surface area contributed by atoms with E-state index in [2.05, 4.69) is 25.5 Å². The van der Waals surface area contributed by atoms with Crippen molar-refractivity contribution in [3.63, 3.8) is 0 Å². The van der Waals surface area contributed by atoms with Gasteiger partial charge in [0.2, 0.25) is 0 Å². The van der Waals surface area contributed by atoms with Crippen LogP contribution in [-0.4, -0.2) is 27.0 Å². The summed E-state index contributed by atoms with van der Waals surface area (Å²) in [7, 11) is 0. The Balaban J connectivity index is 1.33. The highest BCUT2D eigenvalue weighted by Gasteiger charge is 2.43. The predicted molar refractivity (Wildman–Crippen MR) is 124 cm³/mol. The van der Waals surface area contributed by atoms with Crippen LogP contribution in [0.15, 0.2) is 61.1 Å². The number of aryl methyl sites for hydroxylation is 1. The number of carbonyl (C=O) groups excluding carboxylic acids is 1. The van der Waals surface area contributed by atoms with Crippen molar-refractivity contribution in [3.8, 4) is 16.9 Å². The van der Waals surface area contributed by atoms with Gasteiger partial charge in [0, 0.05) is 29.2 Å². The van der Waals surface area contributed by atoms with Gasteiger partial charge in [0.25, 0.3) is 0 Å². The minimum Gasteiger partial charge on any atom is -0.406 e. The van der Waals surface area contributed by atoms with Crippen LogP contribution in [0.4, 0.5) is 29.3 Å². The molecule has 2 amide bonds. The number of aromatic nitrogens is 3. The molecule has 1 aliphatic carbocycles. The van der Waals surface area contributed by atoms with Crippen LogP contribution in [0, 0.1) is 6.92 Å². The molecule has 5 rings (SSSR count). The van der Waals surface area contributed by atoms with Gasteiger partial charge in [0.1, 0.15) is 12.1 Å². The number of anilines is 2. The summed E-state index contributed by atoms with van der Waals surface area (Å²) >= 11 is 0. The molecule has 4 aromatic rings. The number of ether oxygens (including phenoxy) is 1. The Kier molecular flexibility index (Phi) is 5.36. The normalized spacial score (nSPS) is 14.5. The Hall–Kier alpha value is -4.12. The molecule has 1 saturated carbocycles. The summed E-state index contributed by atoms with van der Waals surface area (Å²) < 4.78 is 42.9. The Morgan fingerprint density at radius 1 is 1.11 bits per heavy atom. The number of urea groups is 1. The highest BCUT2D eigenvalue weighted by atomic mass is 19.4. The number of nitrogens with zero attached hydrogens (tertiary/aromatic N) is 3. The molecular formula is C24H21F3N6O2. The number of alkyl halides is 3. The SMILES string of the molecule is Cc1cn2ncnc(C3(N)CC3)c2c1-c1ccc(NC(=O)Nc2cccc(OC(F)(F)F)c2)cc1. The molecule has 0 radical (unpaired) electrons. The van der Waals surface area contributed by atoms with Crippen molar-refractivity contribution < 1.29 is 22.7 Å². The van der Waals surface area contributed by atoms with Crippen molar-refractivity contribution in [1.82, 2.24) is 14.6 Å². The summed E-state index contributed by atoms with van der Waals surface area (Å²) in [4.78, 5) is 16.8. The van der Waals surface area contributed by atoms with E-state index in [0.717, 1.165) is 52.9 Å². The topological polar surface area (TPSA) is 107 Å². The van der Waals surface area contributed by atoms with Crippen LogP contribution in [0.2, 0.25) is 0 Å². The molecule has 0 aliphatic heterocycles. The lowest BCUT2D eigenvalue weighted by atomic mass is 10.00. The monoisotopic (exact) mass is 482 g/mol. The summed E-state index contributed by atoms with van der Waals surface area (Å²) in [5.41, 5.74) is 11.2. The standard InChI is InChI=1S/C24H21F3N6O2/c1-14-12-33-20(21(29-13-30-33)23(28)9-10-23)19(14)15-5-7-16(8-6-15)31-22(34)32-17-3-2-4-18(11-17)35-24(25,26)27/h2-8,11-13H,9-10,28H2,1H3,(H2,31,32,34). The fourth-order valence-electron chi connectivity index (χ4n) is 4.02. The maximum atomic E-state index is 12.4. The number of hydrogen-bond donors (Lipinski definition) is 3. The van der Waals surface area contributed by atoms with Crippen LogP contribution in [0.1, 0.15) is 24.1 Å². The van der Waals surface area contributed by atoms with Crippen molar-refractivity contribution in [2.75, 3.05) is 10.6 Å². The van der Waals surface area contributed by atoms with E-state index >= 15 is 0 Å². The van der Waals surface area contributed by atoms with Gasteiger partial charge in [-0.3, -0.25) is 0 Å². The molecular weight excluding hydrogens is 461 g/mol. The van der Waals surface area contributed by atoms with Gasteiger partial charge in [0.05, 0.1) is 16.7 Å². The lowest BCUT2D eigenvalue weighted by molar-refractivity contribution is -0.274. The van der Waals surface area contributed by atoms with E-state index in [1.54, 1.807) is 16.6 Å². The molecule has 2 aromatic heterocycles. The third-order valence-corrected chi connectivity index (χ3v) is 5.78. The third-order valence-electron chi connectivity index (χ3n) is 5.78. The fourth-order valence-corrected chi connectivity index (χ4v) is 4.02. The van der Waals surface area contributed by atoms with Crippen LogP contribution < -0.4 is 21.1 Å². The van der Waals surface area contributed by atoms with Crippen molar-refractivity contribution >= 4 is 22.9 Å². The number of nitrogens with two attached hydrogens (primary N) is 1. The Bertz CT molecular complexity index is 1410. The van der Waals surface area contributed by atoms with Crippen LogP contribution in [0.5, 0.6) is 5.75 Å². The average molecular weight is 482 g/mol.